The number of anilines is 1. The van der Waals surface area contributed by atoms with Crippen molar-refractivity contribution in [1.82, 2.24) is 10.2 Å². The highest BCUT2D eigenvalue weighted by atomic mass is 16.5. The minimum atomic E-state index is -0.757. The van der Waals surface area contributed by atoms with Gasteiger partial charge in [-0.05, 0) is 48.7 Å². The average Bonchev–Trinajstić information content (AvgIpc) is 3.10. The van der Waals surface area contributed by atoms with Gasteiger partial charge in [-0.25, -0.2) is 4.79 Å². The second-order valence-corrected chi connectivity index (χ2v) is 7.40. The fraction of sp³-hybridized carbons (Fsp3) is 0.167. The molecule has 0 atom stereocenters. The zero-order valence-corrected chi connectivity index (χ0v) is 17.8. The molecule has 1 aliphatic heterocycles. The van der Waals surface area contributed by atoms with Crippen LogP contribution in [0.25, 0.3) is 11.1 Å². The van der Waals surface area contributed by atoms with Crippen molar-refractivity contribution in [1.29, 1.82) is 0 Å². The maximum atomic E-state index is 13.0. The molecule has 0 aliphatic carbocycles. The minimum absolute atomic E-state index is 0.110. The number of nitrogens with one attached hydrogen (secondary N) is 2. The van der Waals surface area contributed by atoms with Gasteiger partial charge in [-0.3, -0.25) is 19.3 Å². The summed E-state index contributed by atoms with van der Waals surface area (Å²) >= 11 is 0. The lowest BCUT2D eigenvalue weighted by Gasteiger charge is -2.19. The molecule has 2 aromatic rings. The second kappa shape index (κ2) is 9.30. The molecular weight excluding hydrogens is 410 g/mol. The third-order valence-electron chi connectivity index (χ3n) is 4.83. The second-order valence-electron chi connectivity index (χ2n) is 7.40. The van der Waals surface area contributed by atoms with Crippen LogP contribution in [0.5, 0.6) is 0 Å². The lowest BCUT2D eigenvalue weighted by Crippen LogP contribution is -2.36. The molecule has 2 N–H and O–H groups in total. The van der Waals surface area contributed by atoms with Crippen LogP contribution in [0.15, 0.2) is 67.0 Å². The van der Waals surface area contributed by atoms with Gasteiger partial charge in [0.2, 0.25) is 6.41 Å². The quantitative estimate of drug-likeness (QED) is 0.378. The maximum absolute atomic E-state index is 13.0. The van der Waals surface area contributed by atoms with E-state index < -0.39 is 11.9 Å². The molecule has 164 valence electrons. The first kappa shape index (κ1) is 22.5. The molecule has 0 saturated carbocycles. The van der Waals surface area contributed by atoms with E-state index in [0.29, 0.717) is 17.7 Å². The van der Waals surface area contributed by atoms with Gasteiger partial charge in [-0.1, -0.05) is 37.4 Å². The molecule has 0 unspecified atom stereocenters. The number of ether oxygens (including phenoxy) is 1. The molecule has 0 spiro atoms. The third-order valence-corrected chi connectivity index (χ3v) is 4.83. The van der Waals surface area contributed by atoms with Crippen LogP contribution in [0.3, 0.4) is 0 Å². The number of amides is 3. The van der Waals surface area contributed by atoms with E-state index in [1.807, 2.05) is 18.2 Å². The summed E-state index contributed by atoms with van der Waals surface area (Å²) in [6, 6.07) is 12.5. The van der Waals surface area contributed by atoms with E-state index in [-0.39, 0.29) is 29.9 Å². The van der Waals surface area contributed by atoms with E-state index in [1.165, 1.54) is 4.90 Å². The zero-order chi connectivity index (χ0) is 23.4. The predicted octanol–water partition coefficient (Wildman–Crippen LogP) is 2.97. The lowest BCUT2D eigenvalue weighted by molar-refractivity contribution is -0.143. The first-order chi connectivity index (χ1) is 15.2. The largest absolute Gasteiger partial charge is 0.458 e. The Morgan fingerprint density at radius 2 is 1.75 bits per heavy atom. The van der Waals surface area contributed by atoms with Crippen molar-refractivity contribution >= 4 is 29.9 Å². The molecule has 0 bridgehead atoms. The van der Waals surface area contributed by atoms with Gasteiger partial charge in [0.1, 0.15) is 11.4 Å². The molecule has 2 aromatic carbocycles. The highest BCUT2D eigenvalue weighted by molar-refractivity contribution is 6.07. The summed E-state index contributed by atoms with van der Waals surface area (Å²) in [5, 5.41) is 4.91. The smallest absolute Gasteiger partial charge is 0.354 e. The highest BCUT2D eigenvalue weighted by Gasteiger charge is 2.33. The number of carbonyl (C=O) groups is 4. The number of benzene rings is 2. The van der Waals surface area contributed by atoms with Crippen LogP contribution in [0, 0.1) is 0 Å². The Morgan fingerprint density at radius 1 is 1.09 bits per heavy atom. The zero-order valence-electron chi connectivity index (χ0n) is 17.8. The average molecular weight is 433 g/mol. The van der Waals surface area contributed by atoms with Crippen LogP contribution in [-0.4, -0.2) is 35.2 Å². The molecular formula is C24H23N3O5. The van der Waals surface area contributed by atoms with Crippen molar-refractivity contribution in [2.24, 2.45) is 0 Å². The number of fused-ring (bicyclic) bond motifs is 1. The summed E-state index contributed by atoms with van der Waals surface area (Å²) in [4.78, 5) is 49.3. The summed E-state index contributed by atoms with van der Waals surface area (Å²) in [7, 11) is 0. The van der Waals surface area contributed by atoms with Crippen LogP contribution in [0.4, 0.5) is 5.69 Å². The van der Waals surface area contributed by atoms with Gasteiger partial charge >= 0.3 is 5.97 Å². The molecule has 8 heteroatoms. The molecule has 0 radical (unpaired) electrons. The Kier molecular flexibility index (Phi) is 6.53. The first-order valence-electron chi connectivity index (χ1n) is 9.87. The molecule has 3 rings (SSSR count). The van der Waals surface area contributed by atoms with Gasteiger partial charge < -0.3 is 15.4 Å². The fourth-order valence-corrected chi connectivity index (χ4v) is 3.30. The van der Waals surface area contributed by atoms with Crippen LogP contribution in [0.2, 0.25) is 0 Å². The Balaban J connectivity index is 1.78. The maximum Gasteiger partial charge on any atom is 0.354 e. The normalized spacial score (nSPS) is 12.2. The number of hydrogen-bond acceptors (Lipinski definition) is 5. The van der Waals surface area contributed by atoms with Crippen LogP contribution < -0.4 is 10.6 Å². The Morgan fingerprint density at radius 3 is 2.38 bits per heavy atom. The topological polar surface area (TPSA) is 105 Å². The number of hydrogen-bond donors (Lipinski definition) is 2. The lowest BCUT2D eigenvalue weighted by atomic mass is 9.97. The Bertz CT molecular complexity index is 1120. The van der Waals surface area contributed by atoms with Crippen molar-refractivity contribution in [3.8, 4) is 11.1 Å². The van der Waals surface area contributed by atoms with Crippen molar-refractivity contribution in [3.05, 3.63) is 78.1 Å². The van der Waals surface area contributed by atoms with Crippen LogP contribution in [-0.2, 0) is 25.7 Å². The first-order valence-corrected chi connectivity index (χ1v) is 9.87. The van der Waals surface area contributed by atoms with Crippen molar-refractivity contribution in [2.75, 3.05) is 5.32 Å². The van der Waals surface area contributed by atoms with Gasteiger partial charge in [0.05, 0.1) is 12.6 Å². The van der Waals surface area contributed by atoms with Crippen molar-refractivity contribution in [3.63, 3.8) is 0 Å². The van der Waals surface area contributed by atoms with E-state index in [4.69, 9.17) is 4.74 Å². The van der Waals surface area contributed by atoms with Gasteiger partial charge in [0.25, 0.3) is 11.8 Å². The minimum Gasteiger partial charge on any atom is -0.458 e. The molecule has 0 fully saturated rings. The number of carbonyl (C=O) groups excluding carboxylic acids is 4. The summed E-state index contributed by atoms with van der Waals surface area (Å²) in [5.41, 5.74) is 3.20. The van der Waals surface area contributed by atoms with Gasteiger partial charge in [0.15, 0.2) is 0 Å². The van der Waals surface area contributed by atoms with Gasteiger partial charge in [0, 0.05) is 11.3 Å². The van der Waals surface area contributed by atoms with E-state index in [2.05, 4.69) is 23.8 Å². The van der Waals surface area contributed by atoms with E-state index in [9.17, 15) is 19.2 Å². The van der Waals surface area contributed by atoms with Crippen molar-refractivity contribution in [2.45, 2.75) is 26.5 Å². The molecule has 32 heavy (non-hydrogen) atoms. The van der Waals surface area contributed by atoms with Gasteiger partial charge in [-0.2, -0.15) is 0 Å². The molecule has 0 aromatic heterocycles. The third kappa shape index (κ3) is 4.59. The van der Waals surface area contributed by atoms with E-state index in [1.54, 1.807) is 38.1 Å². The highest BCUT2D eigenvalue weighted by Crippen LogP contribution is 2.34. The Hall–Kier alpha value is -4.20. The number of esters is 1. The molecule has 0 saturated heterocycles. The fourth-order valence-electron chi connectivity index (χ4n) is 3.30. The van der Waals surface area contributed by atoms with E-state index in [0.717, 1.165) is 16.7 Å². The monoisotopic (exact) mass is 433 g/mol. The molecule has 1 heterocycles. The summed E-state index contributed by atoms with van der Waals surface area (Å²) in [5.74, 6) is -1.84. The molecule has 8 nitrogen and oxygen atoms in total. The standard InChI is InChI=1S/C24H23N3O5/c1-14(2)32-24(31)15(3)26-22(29)16(4)27-12-21-19(6-5-7-20(21)23(27)30)17-8-10-18(11-9-17)25-13-28/h5-11,13-14H,3-4,12H2,1-2H3,(H,25,28)(H,26,29). The van der Waals surface area contributed by atoms with Gasteiger partial charge in [-0.15, -0.1) is 0 Å². The number of nitrogens with zero attached hydrogens (tertiary/aromatic N) is 1. The summed E-state index contributed by atoms with van der Waals surface area (Å²) < 4.78 is 4.99. The van der Waals surface area contributed by atoms with Crippen molar-refractivity contribution < 1.29 is 23.9 Å². The summed E-state index contributed by atoms with van der Waals surface area (Å²) in [6.07, 6.45) is 0.232. The summed E-state index contributed by atoms with van der Waals surface area (Å²) in [6.45, 7) is 10.7. The molecule has 3 amide bonds. The van der Waals surface area contributed by atoms with E-state index >= 15 is 0 Å². The predicted molar refractivity (Wildman–Crippen MR) is 119 cm³/mol. The Labute approximate surface area is 185 Å². The number of rotatable bonds is 8. The van der Waals surface area contributed by atoms with Crippen LogP contribution in [0.1, 0.15) is 29.8 Å². The van der Waals surface area contributed by atoms with Crippen LogP contribution >= 0.6 is 0 Å². The SMILES string of the molecule is C=C(NC(=O)C(=C)N1Cc2c(cccc2-c2ccc(NC=O)cc2)C1=O)C(=O)OC(C)C. The molecule has 1 aliphatic rings.